The second-order valence-electron chi connectivity index (χ2n) is 5.96. The molecular formula is C19H20ClN5. The van der Waals surface area contributed by atoms with Crippen LogP contribution in [0.4, 0.5) is 17.3 Å². The van der Waals surface area contributed by atoms with Crippen LogP contribution in [-0.2, 0) is 6.54 Å². The maximum atomic E-state index is 6.38. The predicted octanol–water partition coefficient (Wildman–Crippen LogP) is 4.81. The molecule has 2 aromatic heterocycles. The van der Waals surface area contributed by atoms with Crippen LogP contribution in [0.15, 0.2) is 42.7 Å². The molecule has 0 unspecified atom stereocenters. The molecule has 0 spiro atoms. The number of benzene rings is 1. The summed E-state index contributed by atoms with van der Waals surface area (Å²) in [5.74, 6) is 2.13. The number of anilines is 3. The number of hydrogen-bond donors (Lipinski definition) is 2. The average Bonchev–Trinajstić information content (AvgIpc) is 2.57. The van der Waals surface area contributed by atoms with E-state index in [1.807, 2.05) is 51.2 Å². The highest BCUT2D eigenvalue weighted by atomic mass is 35.5. The molecular weight excluding hydrogens is 334 g/mol. The summed E-state index contributed by atoms with van der Waals surface area (Å²) in [5.41, 5.74) is 4.16. The van der Waals surface area contributed by atoms with E-state index in [4.69, 9.17) is 11.6 Å². The Balaban J connectivity index is 1.80. The van der Waals surface area contributed by atoms with Gasteiger partial charge in [0.25, 0.3) is 0 Å². The number of halogens is 1. The van der Waals surface area contributed by atoms with Crippen molar-refractivity contribution in [1.82, 2.24) is 15.0 Å². The lowest BCUT2D eigenvalue weighted by Crippen LogP contribution is -2.06. The van der Waals surface area contributed by atoms with Crippen LogP contribution in [0.25, 0.3) is 0 Å². The monoisotopic (exact) mass is 353 g/mol. The van der Waals surface area contributed by atoms with E-state index in [0.717, 1.165) is 28.2 Å². The third-order valence-electron chi connectivity index (χ3n) is 3.72. The first-order valence-corrected chi connectivity index (χ1v) is 8.41. The van der Waals surface area contributed by atoms with E-state index in [1.54, 1.807) is 6.20 Å². The second-order valence-corrected chi connectivity index (χ2v) is 6.37. The van der Waals surface area contributed by atoms with Crippen LogP contribution in [0.5, 0.6) is 0 Å². The normalized spacial score (nSPS) is 10.6. The van der Waals surface area contributed by atoms with Gasteiger partial charge in [0.2, 0.25) is 0 Å². The lowest BCUT2D eigenvalue weighted by Gasteiger charge is -2.14. The quantitative estimate of drug-likeness (QED) is 0.689. The molecule has 0 amide bonds. The van der Waals surface area contributed by atoms with Crippen LogP contribution < -0.4 is 10.6 Å². The van der Waals surface area contributed by atoms with E-state index < -0.39 is 0 Å². The fourth-order valence-electron chi connectivity index (χ4n) is 2.62. The summed E-state index contributed by atoms with van der Waals surface area (Å²) in [4.78, 5) is 13.0. The SMILES string of the molecule is Cc1cc(C)c(Nc2cc(NCc3cccnc3)nc(C)n2)c(Cl)c1. The number of nitrogens with one attached hydrogen (secondary N) is 2. The van der Waals surface area contributed by atoms with Crippen molar-refractivity contribution < 1.29 is 0 Å². The summed E-state index contributed by atoms with van der Waals surface area (Å²) < 4.78 is 0. The zero-order chi connectivity index (χ0) is 17.8. The molecule has 0 saturated heterocycles. The minimum Gasteiger partial charge on any atom is -0.366 e. The molecule has 128 valence electrons. The summed E-state index contributed by atoms with van der Waals surface area (Å²) in [5, 5.41) is 7.29. The molecule has 5 nitrogen and oxygen atoms in total. The van der Waals surface area contributed by atoms with Crippen molar-refractivity contribution in [2.75, 3.05) is 10.6 Å². The molecule has 0 radical (unpaired) electrons. The van der Waals surface area contributed by atoms with Crippen molar-refractivity contribution in [2.24, 2.45) is 0 Å². The van der Waals surface area contributed by atoms with Crippen molar-refractivity contribution in [2.45, 2.75) is 27.3 Å². The van der Waals surface area contributed by atoms with Crippen LogP contribution in [0.1, 0.15) is 22.5 Å². The van der Waals surface area contributed by atoms with Gasteiger partial charge in [0.1, 0.15) is 17.5 Å². The molecule has 2 heterocycles. The summed E-state index contributed by atoms with van der Waals surface area (Å²) in [6, 6.07) is 9.83. The highest BCUT2D eigenvalue weighted by molar-refractivity contribution is 6.33. The van der Waals surface area contributed by atoms with Crippen LogP contribution in [0.3, 0.4) is 0 Å². The maximum absolute atomic E-state index is 6.38. The highest BCUT2D eigenvalue weighted by Crippen LogP contribution is 2.30. The van der Waals surface area contributed by atoms with Crippen LogP contribution in [0, 0.1) is 20.8 Å². The number of pyridine rings is 1. The summed E-state index contributed by atoms with van der Waals surface area (Å²) in [6.07, 6.45) is 3.59. The lowest BCUT2D eigenvalue weighted by molar-refractivity contribution is 1.02. The maximum Gasteiger partial charge on any atom is 0.136 e. The molecule has 6 heteroatoms. The molecule has 0 fully saturated rings. The molecule has 1 aromatic carbocycles. The van der Waals surface area contributed by atoms with Gasteiger partial charge in [-0.05, 0) is 49.6 Å². The molecule has 2 N–H and O–H groups in total. The second kappa shape index (κ2) is 7.49. The van der Waals surface area contributed by atoms with Gasteiger partial charge in [-0.2, -0.15) is 0 Å². The zero-order valence-electron chi connectivity index (χ0n) is 14.5. The largest absolute Gasteiger partial charge is 0.366 e. The fourth-order valence-corrected chi connectivity index (χ4v) is 2.99. The molecule has 3 aromatic rings. The van der Waals surface area contributed by atoms with E-state index in [0.29, 0.717) is 23.2 Å². The van der Waals surface area contributed by atoms with Gasteiger partial charge in [-0.15, -0.1) is 0 Å². The van der Waals surface area contributed by atoms with Crippen molar-refractivity contribution in [1.29, 1.82) is 0 Å². The van der Waals surface area contributed by atoms with Gasteiger partial charge in [-0.1, -0.05) is 23.7 Å². The highest BCUT2D eigenvalue weighted by Gasteiger charge is 2.08. The number of aryl methyl sites for hydroxylation is 3. The Kier molecular flexibility index (Phi) is 5.14. The first-order valence-electron chi connectivity index (χ1n) is 8.03. The molecule has 3 rings (SSSR count). The molecule has 0 aliphatic carbocycles. The minimum atomic E-state index is 0.647. The summed E-state index contributed by atoms with van der Waals surface area (Å²) in [7, 11) is 0. The fraction of sp³-hybridized carbons (Fsp3) is 0.211. The Labute approximate surface area is 152 Å². The number of aromatic nitrogens is 3. The third kappa shape index (κ3) is 4.45. The predicted molar refractivity (Wildman–Crippen MR) is 103 cm³/mol. The smallest absolute Gasteiger partial charge is 0.136 e. The Morgan fingerprint density at radius 2 is 1.84 bits per heavy atom. The standard InChI is InChI=1S/C19H20ClN5/c1-12-7-13(2)19(16(20)8-12)25-18-9-17(23-14(3)24-18)22-11-15-5-4-6-21-10-15/h4-10H,11H2,1-3H3,(H2,22,23,24,25). The Bertz CT molecular complexity index is 857. The van der Waals surface area contributed by atoms with Gasteiger partial charge in [-0.25, -0.2) is 9.97 Å². The van der Waals surface area contributed by atoms with Crippen molar-refractivity contribution in [3.05, 3.63) is 70.3 Å². The Morgan fingerprint density at radius 1 is 1.04 bits per heavy atom. The number of hydrogen-bond acceptors (Lipinski definition) is 5. The Hall–Kier alpha value is -2.66. The first-order chi connectivity index (χ1) is 12.0. The number of rotatable bonds is 5. The third-order valence-corrected chi connectivity index (χ3v) is 4.02. The average molecular weight is 354 g/mol. The van der Waals surface area contributed by atoms with Crippen molar-refractivity contribution in [3.63, 3.8) is 0 Å². The van der Waals surface area contributed by atoms with Gasteiger partial charge in [-0.3, -0.25) is 4.98 Å². The molecule has 0 atom stereocenters. The number of nitrogens with zero attached hydrogens (tertiary/aromatic N) is 3. The summed E-state index contributed by atoms with van der Waals surface area (Å²) >= 11 is 6.38. The van der Waals surface area contributed by atoms with E-state index in [1.165, 1.54) is 0 Å². The molecule has 0 aliphatic rings. The van der Waals surface area contributed by atoms with Crippen LogP contribution >= 0.6 is 11.6 Å². The van der Waals surface area contributed by atoms with Gasteiger partial charge in [0.05, 0.1) is 10.7 Å². The van der Waals surface area contributed by atoms with E-state index >= 15 is 0 Å². The molecule has 0 saturated carbocycles. The van der Waals surface area contributed by atoms with Crippen molar-refractivity contribution in [3.8, 4) is 0 Å². The van der Waals surface area contributed by atoms with Gasteiger partial charge in [0.15, 0.2) is 0 Å². The summed E-state index contributed by atoms with van der Waals surface area (Å²) in [6.45, 7) is 6.56. The minimum absolute atomic E-state index is 0.647. The van der Waals surface area contributed by atoms with E-state index in [-0.39, 0.29) is 0 Å². The first kappa shape index (κ1) is 17.2. The van der Waals surface area contributed by atoms with Gasteiger partial charge >= 0.3 is 0 Å². The molecule has 0 bridgehead atoms. The van der Waals surface area contributed by atoms with Crippen LogP contribution in [-0.4, -0.2) is 15.0 Å². The Morgan fingerprint density at radius 3 is 2.56 bits per heavy atom. The van der Waals surface area contributed by atoms with Crippen molar-refractivity contribution >= 4 is 28.9 Å². The van der Waals surface area contributed by atoms with Crippen LogP contribution in [0.2, 0.25) is 5.02 Å². The molecule has 25 heavy (non-hydrogen) atoms. The zero-order valence-corrected chi connectivity index (χ0v) is 15.2. The van der Waals surface area contributed by atoms with E-state index in [9.17, 15) is 0 Å². The topological polar surface area (TPSA) is 62.7 Å². The van der Waals surface area contributed by atoms with E-state index in [2.05, 4.69) is 31.7 Å². The lowest BCUT2D eigenvalue weighted by atomic mass is 10.1. The van der Waals surface area contributed by atoms with Gasteiger partial charge < -0.3 is 10.6 Å². The molecule has 0 aliphatic heterocycles. The van der Waals surface area contributed by atoms with Gasteiger partial charge in [0, 0.05) is 25.0 Å².